The van der Waals surface area contributed by atoms with Crippen LogP contribution in [0.5, 0.6) is 0 Å². The summed E-state index contributed by atoms with van der Waals surface area (Å²) in [6, 6.07) is -1.51. The van der Waals surface area contributed by atoms with Gasteiger partial charge in [-0.1, -0.05) is 13.8 Å². The zero-order valence-electron chi connectivity index (χ0n) is 21.1. The number of hydrogen-bond donors (Lipinski definition) is 11. The van der Waals surface area contributed by atoms with Gasteiger partial charge in [0, 0.05) is 6.54 Å². The predicted octanol–water partition coefficient (Wildman–Crippen LogP) is -2.88. The molecule has 0 aromatic rings. The summed E-state index contributed by atoms with van der Waals surface area (Å²) in [5.41, 5.74) is 15.4. The second-order valence-corrected chi connectivity index (χ2v) is 8.76. The topological polar surface area (TPSA) is 269 Å². The smallest absolute Gasteiger partial charge is 0.320 e. The second-order valence-electron chi connectivity index (χ2n) is 8.76. The van der Waals surface area contributed by atoms with Crippen molar-refractivity contribution in [3.63, 3.8) is 0 Å². The normalized spacial score (nSPS) is 12.1. The minimum Gasteiger partial charge on any atom is -0.480 e. The summed E-state index contributed by atoms with van der Waals surface area (Å²) in [4.78, 5) is 20.3. The number of aliphatic hydroxyl groups excluding tert-OH is 4. The molecule has 0 aliphatic rings. The van der Waals surface area contributed by atoms with Crippen molar-refractivity contribution < 1.29 is 44.7 Å². The Kier molecular flexibility index (Phi) is 27.7. The van der Waals surface area contributed by atoms with Gasteiger partial charge in [0.2, 0.25) is 0 Å². The minimum absolute atomic E-state index is 0.112. The Labute approximate surface area is 202 Å². The molecular formula is C20H49N6O8+. The van der Waals surface area contributed by atoms with Gasteiger partial charge in [-0.25, -0.2) is 0 Å². The van der Waals surface area contributed by atoms with E-state index in [1.54, 1.807) is 0 Å². The third-order valence-corrected chi connectivity index (χ3v) is 3.56. The van der Waals surface area contributed by atoms with E-state index in [0.717, 1.165) is 11.0 Å². The van der Waals surface area contributed by atoms with Gasteiger partial charge < -0.3 is 57.6 Å². The lowest BCUT2D eigenvalue weighted by Gasteiger charge is -2.21. The number of nitrogens with one attached hydrogen (secondary N) is 2. The Balaban J connectivity index is -0.000000183. The number of nitrogens with zero attached hydrogens (tertiary/aromatic N) is 1. The molecule has 0 amide bonds. The van der Waals surface area contributed by atoms with Crippen molar-refractivity contribution in [2.75, 3.05) is 54.1 Å². The lowest BCUT2D eigenvalue weighted by atomic mass is 10.1. The Morgan fingerprint density at radius 1 is 0.971 bits per heavy atom. The van der Waals surface area contributed by atoms with Gasteiger partial charge in [-0.3, -0.25) is 15.0 Å². The van der Waals surface area contributed by atoms with E-state index in [1.165, 1.54) is 0 Å². The SMILES string of the molecule is CC(C)CC(N)C(=O)O.C[N+](C)(C)CCO.N=C(N)NCCCC(N)C(=O)O.OCC(O)CO. The highest BCUT2D eigenvalue weighted by atomic mass is 16.4. The van der Waals surface area contributed by atoms with E-state index >= 15 is 0 Å². The number of guanidine groups is 1. The van der Waals surface area contributed by atoms with Crippen molar-refractivity contribution in [3.05, 3.63) is 0 Å². The largest absolute Gasteiger partial charge is 0.480 e. The quantitative estimate of drug-likeness (QED) is 0.0557. The van der Waals surface area contributed by atoms with Gasteiger partial charge in [-0.05, 0) is 25.2 Å². The van der Waals surface area contributed by atoms with Gasteiger partial charge in [-0.2, -0.15) is 0 Å². The number of rotatable bonds is 12. The van der Waals surface area contributed by atoms with Gasteiger partial charge in [0.1, 0.15) is 24.7 Å². The first-order chi connectivity index (χ1) is 15.4. The molecule has 34 heavy (non-hydrogen) atoms. The number of aliphatic hydroxyl groups is 4. The molecule has 206 valence electrons. The van der Waals surface area contributed by atoms with Crippen LogP contribution in [0, 0.1) is 11.3 Å². The van der Waals surface area contributed by atoms with Crippen LogP contribution in [0.15, 0.2) is 0 Å². The standard InChI is InChI=1S/C6H14N4O2.C6H13NO2.C5H14NO.C3H8O3/c7-4(5(11)12)2-1-3-10-6(8)9;1-4(2)3-5(7)6(8)9;1-6(2,3)4-5-7;4-1-3(6)2-5/h4H,1-3,7H2,(H,11,12)(H4,8,9,10);4-5H,3,7H2,1-2H3,(H,8,9);7H,4-5H2,1-3H3;3-6H,1-2H2/q;;+1;. The molecule has 0 aliphatic heterocycles. The molecule has 0 bridgehead atoms. The summed E-state index contributed by atoms with van der Waals surface area (Å²) in [6.07, 6.45) is 0.572. The van der Waals surface area contributed by atoms with E-state index in [2.05, 4.69) is 26.5 Å². The maximum atomic E-state index is 10.2. The number of carboxylic acid groups (broad SMARTS) is 2. The Bertz CT molecular complexity index is 514. The summed E-state index contributed by atoms with van der Waals surface area (Å²) >= 11 is 0. The fraction of sp³-hybridized carbons (Fsp3) is 0.850. The first kappa shape index (κ1) is 39.2. The number of carboxylic acids is 2. The lowest BCUT2D eigenvalue weighted by Crippen LogP contribution is -2.36. The summed E-state index contributed by atoms with van der Waals surface area (Å²) in [5, 5.41) is 58.4. The number of quaternary nitrogens is 1. The first-order valence-electron chi connectivity index (χ1n) is 10.8. The zero-order chi connectivity index (χ0) is 27.9. The van der Waals surface area contributed by atoms with E-state index in [-0.39, 0.29) is 25.8 Å². The summed E-state index contributed by atoms with van der Waals surface area (Å²) in [6.45, 7) is 4.76. The molecule has 2 unspecified atom stereocenters. The zero-order valence-corrected chi connectivity index (χ0v) is 21.1. The summed E-state index contributed by atoms with van der Waals surface area (Å²) in [7, 11) is 6.16. The van der Waals surface area contributed by atoms with Gasteiger partial charge in [0.25, 0.3) is 0 Å². The molecule has 0 spiro atoms. The molecule has 0 aromatic heterocycles. The maximum absolute atomic E-state index is 10.2. The van der Waals surface area contributed by atoms with Crippen LogP contribution in [0.3, 0.4) is 0 Å². The second kappa shape index (κ2) is 24.1. The highest BCUT2D eigenvalue weighted by molar-refractivity contribution is 5.74. The van der Waals surface area contributed by atoms with E-state index in [4.69, 9.17) is 53.2 Å². The molecule has 0 saturated heterocycles. The van der Waals surface area contributed by atoms with E-state index < -0.39 is 30.1 Å². The average molecular weight is 502 g/mol. The van der Waals surface area contributed by atoms with Crippen molar-refractivity contribution in [2.24, 2.45) is 23.1 Å². The van der Waals surface area contributed by atoms with E-state index in [0.29, 0.717) is 31.7 Å². The average Bonchev–Trinajstić information content (AvgIpc) is 2.70. The van der Waals surface area contributed by atoms with Crippen LogP contribution in [0.1, 0.15) is 33.1 Å². The van der Waals surface area contributed by atoms with Crippen LogP contribution in [0.4, 0.5) is 0 Å². The van der Waals surface area contributed by atoms with Gasteiger partial charge >= 0.3 is 11.9 Å². The Hall–Kier alpha value is -2.07. The van der Waals surface area contributed by atoms with Crippen molar-refractivity contribution >= 4 is 17.9 Å². The molecule has 0 rings (SSSR count). The van der Waals surface area contributed by atoms with Gasteiger partial charge in [-0.15, -0.1) is 0 Å². The molecule has 0 radical (unpaired) electrons. The number of nitrogens with two attached hydrogens (primary N) is 3. The number of carbonyl (C=O) groups is 2. The Morgan fingerprint density at radius 3 is 1.59 bits per heavy atom. The highest BCUT2D eigenvalue weighted by Gasteiger charge is 2.12. The number of hydrogen-bond acceptors (Lipinski definition) is 9. The monoisotopic (exact) mass is 501 g/mol. The molecular weight excluding hydrogens is 452 g/mol. The molecule has 0 aromatic carbocycles. The van der Waals surface area contributed by atoms with Crippen LogP contribution in [0.25, 0.3) is 0 Å². The third-order valence-electron chi connectivity index (χ3n) is 3.56. The van der Waals surface area contributed by atoms with Crippen LogP contribution in [0.2, 0.25) is 0 Å². The van der Waals surface area contributed by atoms with Crippen molar-refractivity contribution in [1.29, 1.82) is 5.41 Å². The Morgan fingerprint density at radius 2 is 1.41 bits per heavy atom. The van der Waals surface area contributed by atoms with E-state index in [1.807, 2.05) is 13.8 Å². The van der Waals surface area contributed by atoms with Crippen LogP contribution < -0.4 is 22.5 Å². The summed E-state index contributed by atoms with van der Waals surface area (Å²) < 4.78 is 0.844. The van der Waals surface area contributed by atoms with Crippen molar-refractivity contribution in [2.45, 2.75) is 51.3 Å². The molecule has 0 heterocycles. The third kappa shape index (κ3) is 40.3. The van der Waals surface area contributed by atoms with Crippen LogP contribution in [-0.4, -0.2) is 125 Å². The van der Waals surface area contributed by atoms with Crippen LogP contribution >= 0.6 is 0 Å². The van der Waals surface area contributed by atoms with Gasteiger partial charge in [0.05, 0.1) is 41.0 Å². The van der Waals surface area contributed by atoms with Gasteiger partial charge in [0.15, 0.2) is 5.96 Å². The highest BCUT2D eigenvalue weighted by Crippen LogP contribution is 2.01. The molecule has 0 fully saturated rings. The lowest BCUT2D eigenvalue weighted by molar-refractivity contribution is -0.870. The fourth-order valence-electron chi connectivity index (χ4n) is 1.63. The molecule has 0 saturated carbocycles. The molecule has 14 nitrogen and oxygen atoms in total. The molecule has 0 aliphatic carbocycles. The minimum atomic E-state index is -1.00. The fourth-order valence-corrected chi connectivity index (χ4v) is 1.63. The molecule has 14 N–H and O–H groups in total. The van der Waals surface area contributed by atoms with Crippen LogP contribution in [-0.2, 0) is 9.59 Å². The van der Waals surface area contributed by atoms with Crippen molar-refractivity contribution in [1.82, 2.24) is 5.32 Å². The number of likely N-dealkylation sites (N-methyl/N-ethyl adjacent to an activating group) is 1. The number of aliphatic carboxylic acids is 2. The first-order valence-corrected chi connectivity index (χ1v) is 10.8. The maximum Gasteiger partial charge on any atom is 0.320 e. The van der Waals surface area contributed by atoms with E-state index in [9.17, 15) is 9.59 Å². The predicted molar refractivity (Wildman–Crippen MR) is 130 cm³/mol. The summed E-state index contributed by atoms with van der Waals surface area (Å²) in [5.74, 6) is -1.67. The van der Waals surface area contributed by atoms with Crippen molar-refractivity contribution in [3.8, 4) is 0 Å². The molecule has 2 atom stereocenters. The molecule has 14 heteroatoms.